The molecule has 0 aliphatic carbocycles. The fourth-order valence-corrected chi connectivity index (χ4v) is 2.95. The average molecular weight is 343 g/mol. The van der Waals surface area contributed by atoms with Gasteiger partial charge in [-0.15, -0.1) is 0 Å². The minimum Gasteiger partial charge on any atom is -0.478 e. The van der Waals surface area contributed by atoms with E-state index in [2.05, 4.69) is 35.6 Å². The summed E-state index contributed by atoms with van der Waals surface area (Å²) in [4.78, 5) is 21.3. The molecule has 1 unspecified atom stereocenters. The molecule has 6 heteroatoms. The van der Waals surface area contributed by atoms with Crippen molar-refractivity contribution >= 4 is 5.97 Å². The van der Waals surface area contributed by atoms with E-state index in [-0.39, 0.29) is 11.5 Å². The van der Waals surface area contributed by atoms with E-state index in [9.17, 15) is 4.79 Å². The first-order chi connectivity index (χ1) is 11.8. The minimum atomic E-state index is -0.902. The topological polar surface area (TPSA) is 78.4 Å². The molecular formula is C19H25N3O3. The van der Waals surface area contributed by atoms with Crippen molar-refractivity contribution in [3.8, 4) is 0 Å². The van der Waals surface area contributed by atoms with Crippen molar-refractivity contribution in [3.05, 3.63) is 53.1 Å². The van der Waals surface area contributed by atoms with Crippen molar-refractivity contribution in [3.63, 3.8) is 0 Å². The van der Waals surface area contributed by atoms with Gasteiger partial charge in [-0.05, 0) is 17.7 Å². The van der Waals surface area contributed by atoms with Crippen LogP contribution in [0, 0.1) is 0 Å². The molecule has 2 aromatic rings. The van der Waals surface area contributed by atoms with E-state index in [4.69, 9.17) is 9.84 Å². The molecule has 2 N–H and O–H groups in total. The second-order valence-electron chi connectivity index (χ2n) is 7.50. The van der Waals surface area contributed by atoms with Gasteiger partial charge in [0.2, 0.25) is 0 Å². The molecule has 3 rings (SSSR count). The van der Waals surface area contributed by atoms with Gasteiger partial charge in [-0.25, -0.2) is 9.78 Å². The van der Waals surface area contributed by atoms with Crippen LogP contribution in [-0.2, 0) is 16.7 Å². The van der Waals surface area contributed by atoms with E-state index in [1.54, 1.807) is 12.1 Å². The van der Waals surface area contributed by atoms with Crippen molar-refractivity contribution < 1.29 is 14.6 Å². The number of rotatable bonds is 4. The van der Waals surface area contributed by atoms with Gasteiger partial charge in [-0.2, -0.15) is 0 Å². The SMILES string of the molecule is CC(C)(C)c1cnc(C2COCCN2Cc2ccc(C(=O)O)cc2)[nH]1. The zero-order valence-corrected chi connectivity index (χ0v) is 15.0. The van der Waals surface area contributed by atoms with E-state index in [1.165, 1.54) is 0 Å². The van der Waals surface area contributed by atoms with Gasteiger partial charge in [-0.3, -0.25) is 4.90 Å². The van der Waals surface area contributed by atoms with Gasteiger partial charge in [0, 0.05) is 30.4 Å². The van der Waals surface area contributed by atoms with Gasteiger partial charge in [0.1, 0.15) is 5.82 Å². The van der Waals surface area contributed by atoms with Gasteiger partial charge in [0.15, 0.2) is 0 Å². The Kier molecular flexibility index (Phi) is 4.92. The number of carboxylic acid groups (broad SMARTS) is 1. The lowest BCUT2D eigenvalue weighted by Gasteiger charge is -2.34. The maximum atomic E-state index is 11.0. The molecule has 1 fully saturated rings. The number of aromatic carboxylic acids is 1. The Bertz CT molecular complexity index is 731. The zero-order chi connectivity index (χ0) is 18.0. The number of hydrogen-bond acceptors (Lipinski definition) is 4. The van der Waals surface area contributed by atoms with Crippen LogP contribution in [0.4, 0.5) is 0 Å². The highest BCUT2D eigenvalue weighted by Gasteiger charge is 2.28. The highest BCUT2D eigenvalue weighted by atomic mass is 16.5. The molecule has 0 amide bonds. The molecule has 0 spiro atoms. The number of hydrogen-bond donors (Lipinski definition) is 2. The molecule has 134 valence electrons. The molecular weight excluding hydrogens is 318 g/mol. The van der Waals surface area contributed by atoms with Crippen molar-refractivity contribution in [2.45, 2.75) is 38.8 Å². The second-order valence-corrected chi connectivity index (χ2v) is 7.50. The summed E-state index contributed by atoms with van der Waals surface area (Å²) in [7, 11) is 0. The Hall–Kier alpha value is -2.18. The van der Waals surface area contributed by atoms with E-state index in [0.29, 0.717) is 18.8 Å². The van der Waals surface area contributed by atoms with Crippen molar-refractivity contribution in [1.29, 1.82) is 0 Å². The summed E-state index contributed by atoms with van der Waals surface area (Å²) in [5, 5.41) is 9.02. The number of imidazole rings is 1. The molecule has 1 aromatic heterocycles. The van der Waals surface area contributed by atoms with Gasteiger partial charge < -0.3 is 14.8 Å². The third kappa shape index (κ3) is 4.08. The van der Waals surface area contributed by atoms with Crippen LogP contribution in [0.2, 0.25) is 0 Å². The van der Waals surface area contributed by atoms with E-state index in [1.807, 2.05) is 18.3 Å². The predicted octanol–water partition coefficient (Wildman–Crippen LogP) is 2.98. The number of benzene rings is 1. The van der Waals surface area contributed by atoms with Crippen LogP contribution in [-0.4, -0.2) is 45.7 Å². The number of carboxylic acids is 1. The maximum absolute atomic E-state index is 11.0. The van der Waals surface area contributed by atoms with Gasteiger partial charge in [0.05, 0.1) is 24.8 Å². The Balaban J connectivity index is 1.77. The number of nitrogens with zero attached hydrogens (tertiary/aromatic N) is 2. The number of morpholine rings is 1. The fourth-order valence-electron chi connectivity index (χ4n) is 2.95. The summed E-state index contributed by atoms with van der Waals surface area (Å²) in [6.45, 7) is 9.31. The standard InChI is InChI=1S/C19H25N3O3/c1-19(2,3)16-10-20-17(21-16)15-12-25-9-8-22(15)11-13-4-6-14(7-5-13)18(23)24/h4-7,10,15H,8-9,11-12H2,1-3H3,(H,20,21)(H,23,24). The Morgan fingerprint density at radius 3 is 2.68 bits per heavy atom. The third-order valence-corrected chi connectivity index (χ3v) is 4.55. The number of aromatic nitrogens is 2. The minimum absolute atomic E-state index is 0.0261. The quantitative estimate of drug-likeness (QED) is 0.892. The van der Waals surface area contributed by atoms with E-state index >= 15 is 0 Å². The van der Waals surface area contributed by atoms with Gasteiger partial charge >= 0.3 is 5.97 Å². The molecule has 25 heavy (non-hydrogen) atoms. The molecule has 1 aromatic carbocycles. The number of H-pyrrole nitrogens is 1. The van der Waals surface area contributed by atoms with Gasteiger partial charge in [-0.1, -0.05) is 32.9 Å². The summed E-state index contributed by atoms with van der Waals surface area (Å²) in [5.41, 5.74) is 2.53. The second kappa shape index (κ2) is 6.98. The molecule has 0 bridgehead atoms. The molecule has 1 saturated heterocycles. The molecule has 1 aliphatic heterocycles. The largest absolute Gasteiger partial charge is 0.478 e. The van der Waals surface area contributed by atoms with Crippen molar-refractivity contribution in [1.82, 2.24) is 14.9 Å². The summed E-state index contributed by atoms with van der Waals surface area (Å²) in [5.74, 6) is 0.0212. The number of carbonyl (C=O) groups is 1. The van der Waals surface area contributed by atoms with Crippen LogP contribution in [0.3, 0.4) is 0 Å². The lowest BCUT2D eigenvalue weighted by atomic mass is 9.93. The maximum Gasteiger partial charge on any atom is 0.335 e. The number of ether oxygens (including phenoxy) is 1. The molecule has 2 heterocycles. The third-order valence-electron chi connectivity index (χ3n) is 4.55. The van der Waals surface area contributed by atoms with Crippen LogP contribution in [0.5, 0.6) is 0 Å². The normalized spacial score (nSPS) is 19.1. The summed E-state index contributed by atoms with van der Waals surface area (Å²) < 4.78 is 5.67. The number of nitrogens with one attached hydrogen (secondary N) is 1. The number of aromatic amines is 1. The average Bonchev–Trinajstić information content (AvgIpc) is 3.06. The Labute approximate surface area is 147 Å². The lowest BCUT2D eigenvalue weighted by Crippen LogP contribution is -2.39. The van der Waals surface area contributed by atoms with Crippen LogP contribution >= 0.6 is 0 Å². The summed E-state index contributed by atoms with van der Waals surface area (Å²) in [6, 6.07) is 7.12. The van der Waals surface area contributed by atoms with Crippen LogP contribution in [0.15, 0.2) is 30.5 Å². The predicted molar refractivity (Wildman–Crippen MR) is 94.7 cm³/mol. The van der Waals surface area contributed by atoms with E-state index in [0.717, 1.165) is 30.2 Å². The van der Waals surface area contributed by atoms with Crippen LogP contribution in [0.1, 0.15) is 54.3 Å². The van der Waals surface area contributed by atoms with Crippen molar-refractivity contribution in [2.75, 3.05) is 19.8 Å². The molecule has 6 nitrogen and oxygen atoms in total. The zero-order valence-electron chi connectivity index (χ0n) is 15.0. The molecule has 0 saturated carbocycles. The molecule has 1 aliphatic rings. The van der Waals surface area contributed by atoms with Gasteiger partial charge in [0.25, 0.3) is 0 Å². The first-order valence-corrected chi connectivity index (χ1v) is 8.54. The fraction of sp³-hybridized carbons (Fsp3) is 0.474. The first kappa shape index (κ1) is 17.6. The summed E-state index contributed by atoms with van der Waals surface area (Å²) in [6.07, 6.45) is 1.91. The molecule has 0 radical (unpaired) electrons. The highest BCUT2D eigenvalue weighted by Crippen LogP contribution is 2.27. The highest BCUT2D eigenvalue weighted by molar-refractivity contribution is 5.87. The molecule has 1 atom stereocenters. The summed E-state index contributed by atoms with van der Waals surface area (Å²) >= 11 is 0. The van der Waals surface area contributed by atoms with Crippen LogP contribution in [0.25, 0.3) is 0 Å². The first-order valence-electron chi connectivity index (χ1n) is 8.54. The Morgan fingerprint density at radius 2 is 2.08 bits per heavy atom. The lowest BCUT2D eigenvalue weighted by molar-refractivity contribution is -0.0157. The van der Waals surface area contributed by atoms with Crippen LogP contribution < -0.4 is 0 Å². The monoisotopic (exact) mass is 343 g/mol. The Morgan fingerprint density at radius 1 is 1.36 bits per heavy atom. The van der Waals surface area contributed by atoms with Crippen molar-refractivity contribution in [2.24, 2.45) is 0 Å². The smallest absolute Gasteiger partial charge is 0.335 e. The van der Waals surface area contributed by atoms with E-state index < -0.39 is 5.97 Å².